The fraction of sp³-hybridized carbons (Fsp3) is 0.227. The Morgan fingerprint density at radius 3 is 2.21 bits per heavy atom. The van der Waals surface area contributed by atoms with Gasteiger partial charge in [0.1, 0.15) is 11.8 Å². The summed E-state index contributed by atoms with van der Waals surface area (Å²) in [6.07, 6.45) is -0.362. The maximum absolute atomic E-state index is 13.1. The highest BCUT2D eigenvalue weighted by atomic mass is 32.1. The van der Waals surface area contributed by atoms with Gasteiger partial charge in [-0.05, 0) is 67.7 Å². The van der Waals surface area contributed by atoms with Crippen LogP contribution in [0.25, 0.3) is 0 Å². The average Bonchev–Trinajstić information content (AvgIpc) is 3.02. The van der Waals surface area contributed by atoms with Gasteiger partial charge in [-0.25, -0.2) is 9.80 Å². The zero-order valence-electron chi connectivity index (χ0n) is 17.9. The summed E-state index contributed by atoms with van der Waals surface area (Å²) >= 11 is 5.44. The number of amides is 3. The molecule has 3 amide bonds. The van der Waals surface area contributed by atoms with E-state index in [1.807, 2.05) is 0 Å². The molecule has 0 spiro atoms. The number of nitrogens with one attached hydrogen (secondary N) is 1. The highest BCUT2D eigenvalue weighted by molar-refractivity contribution is 7.80. The molecule has 2 aromatic rings. The summed E-state index contributed by atoms with van der Waals surface area (Å²) in [7, 11) is 1.51. The fourth-order valence-electron chi connectivity index (χ4n) is 3.20. The standard InChI is InChI=1S/C22H22N4O6S/c1-3-32-21(30)14-4-8-15(9-5-14)25-20(29)17(12-18(23)27)26(22(25)33)24-19(28)13-6-10-16(31-2)11-7-13/h4-11,17H,3,12H2,1-2H3,(H2,23,27)(H,24,28). The molecule has 3 rings (SSSR count). The van der Waals surface area contributed by atoms with Crippen molar-refractivity contribution in [3.05, 3.63) is 59.7 Å². The van der Waals surface area contributed by atoms with Crippen molar-refractivity contribution in [1.29, 1.82) is 0 Å². The molecule has 1 unspecified atom stereocenters. The smallest absolute Gasteiger partial charge is 0.338 e. The molecular formula is C22H22N4O6S. The Kier molecular flexibility index (Phi) is 7.23. The number of hydrazine groups is 1. The van der Waals surface area contributed by atoms with Gasteiger partial charge in [0.2, 0.25) is 11.0 Å². The molecule has 1 aliphatic heterocycles. The minimum Gasteiger partial charge on any atom is -0.497 e. The molecule has 1 saturated heterocycles. The van der Waals surface area contributed by atoms with Crippen molar-refractivity contribution in [3.63, 3.8) is 0 Å². The lowest BCUT2D eigenvalue weighted by molar-refractivity contribution is -0.125. The number of hydrogen-bond acceptors (Lipinski definition) is 7. The normalized spacial score (nSPS) is 15.4. The lowest BCUT2D eigenvalue weighted by atomic mass is 10.1. The Hall–Kier alpha value is -3.99. The van der Waals surface area contributed by atoms with Gasteiger partial charge in [-0.1, -0.05) is 0 Å². The van der Waals surface area contributed by atoms with Crippen LogP contribution in [0.15, 0.2) is 48.5 Å². The largest absolute Gasteiger partial charge is 0.497 e. The van der Waals surface area contributed by atoms with Gasteiger partial charge in [-0.2, -0.15) is 0 Å². The summed E-state index contributed by atoms with van der Waals surface area (Å²) in [4.78, 5) is 50.5. The van der Waals surface area contributed by atoms with Gasteiger partial charge in [0.25, 0.3) is 11.8 Å². The summed E-state index contributed by atoms with van der Waals surface area (Å²) in [5.41, 5.74) is 8.86. The zero-order valence-corrected chi connectivity index (χ0v) is 18.8. The quantitative estimate of drug-likeness (QED) is 0.437. The zero-order chi connectivity index (χ0) is 24.1. The molecule has 1 aliphatic rings. The van der Waals surface area contributed by atoms with E-state index in [-0.39, 0.29) is 18.1 Å². The van der Waals surface area contributed by atoms with E-state index in [0.29, 0.717) is 22.6 Å². The first kappa shape index (κ1) is 23.7. The number of carbonyl (C=O) groups excluding carboxylic acids is 4. The molecule has 3 N–H and O–H groups in total. The Bertz CT molecular complexity index is 1090. The van der Waals surface area contributed by atoms with E-state index in [9.17, 15) is 19.2 Å². The molecule has 2 aromatic carbocycles. The molecule has 1 fully saturated rings. The van der Waals surface area contributed by atoms with Crippen molar-refractivity contribution >= 4 is 46.7 Å². The van der Waals surface area contributed by atoms with Gasteiger partial charge < -0.3 is 15.2 Å². The van der Waals surface area contributed by atoms with Crippen molar-refractivity contribution in [1.82, 2.24) is 10.4 Å². The second-order valence-corrected chi connectivity index (χ2v) is 7.31. The minimum absolute atomic E-state index is 0.0444. The van der Waals surface area contributed by atoms with Crippen LogP contribution in [0.1, 0.15) is 34.1 Å². The van der Waals surface area contributed by atoms with E-state index in [0.717, 1.165) is 5.01 Å². The van der Waals surface area contributed by atoms with Crippen LogP contribution in [0.2, 0.25) is 0 Å². The molecular weight excluding hydrogens is 448 g/mol. The van der Waals surface area contributed by atoms with Crippen LogP contribution in [0.3, 0.4) is 0 Å². The molecule has 1 heterocycles. The summed E-state index contributed by atoms with van der Waals surface area (Å²) in [6, 6.07) is 11.2. The molecule has 0 aliphatic carbocycles. The number of nitrogens with zero attached hydrogens (tertiary/aromatic N) is 2. The van der Waals surface area contributed by atoms with Gasteiger partial charge in [-0.3, -0.25) is 24.7 Å². The number of benzene rings is 2. The highest BCUT2D eigenvalue weighted by Gasteiger charge is 2.45. The third kappa shape index (κ3) is 5.09. The van der Waals surface area contributed by atoms with Crippen molar-refractivity contribution in [2.24, 2.45) is 5.73 Å². The number of hydrogen-bond donors (Lipinski definition) is 2. The van der Waals surface area contributed by atoms with Crippen LogP contribution in [0.4, 0.5) is 5.69 Å². The Balaban J connectivity index is 1.86. The molecule has 0 bridgehead atoms. The first-order chi connectivity index (χ1) is 15.8. The predicted octanol–water partition coefficient (Wildman–Crippen LogP) is 1.39. The Morgan fingerprint density at radius 2 is 1.67 bits per heavy atom. The van der Waals surface area contributed by atoms with Crippen molar-refractivity contribution in [2.75, 3.05) is 18.6 Å². The van der Waals surface area contributed by atoms with Crippen molar-refractivity contribution in [2.45, 2.75) is 19.4 Å². The lowest BCUT2D eigenvalue weighted by Crippen LogP contribution is -2.49. The third-order valence-electron chi connectivity index (χ3n) is 4.82. The SMILES string of the molecule is CCOC(=O)c1ccc(N2C(=O)C(CC(N)=O)N(NC(=O)c3ccc(OC)cc3)C2=S)cc1. The number of rotatable bonds is 8. The number of primary amides is 1. The number of methoxy groups -OCH3 is 1. The van der Waals surface area contributed by atoms with E-state index >= 15 is 0 Å². The van der Waals surface area contributed by atoms with Gasteiger partial charge in [0.05, 0.1) is 31.4 Å². The number of anilines is 1. The number of nitrogens with two attached hydrogens (primary N) is 1. The summed E-state index contributed by atoms with van der Waals surface area (Å²) in [5, 5.41) is 1.10. The van der Waals surface area contributed by atoms with Crippen molar-refractivity contribution in [3.8, 4) is 5.75 Å². The lowest BCUT2D eigenvalue weighted by Gasteiger charge is -2.24. The number of thiocarbonyl (C=S) groups is 1. The molecule has 0 radical (unpaired) electrons. The second kappa shape index (κ2) is 10.1. The van der Waals surface area contributed by atoms with Crippen LogP contribution in [0.5, 0.6) is 5.75 Å². The van der Waals surface area contributed by atoms with E-state index < -0.39 is 29.7 Å². The van der Waals surface area contributed by atoms with Gasteiger partial charge in [-0.15, -0.1) is 0 Å². The number of carbonyl (C=O) groups is 4. The monoisotopic (exact) mass is 470 g/mol. The van der Waals surface area contributed by atoms with Crippen LogP contribution in [-0.2, 0) is 14.3 Å². The maximum atomic E-state index is 13.1. The summed E-state index contributed by atoms with van der Waals surface area (Å²) in [6.45, 7) is 1.92. The second-order valence-electron chi connectivity index (χ2n) is 6.95. The number of ether oxygens (including phenoxy) is 2. The predicted molar refractivity (Wildman–Crippen MR) is 122 cm³/mol. The molecule has 33 heavy (non-hydrogen) atoms. The van der Waals surface area contributed by atoms with Gasteiger partial charge >= 0.3 is 5.97 Å². The topological polar surface area (TPSA) is 131 Å². The summed E-state index contributed by atoms with van der Waals surface area (Å²) < 4.78 is 10.0. The molecule has 10 nitrogen and oxygen atoms in total. The average molecular weight is 471 g/mol. The van der Waals surface area contributed by atoms with E-state index in [4.69, 9.17) is 27.4 Å². The van der Waals surface area contributed by atoms with Crippen LogP contribution in [-0.4, -0.2) is 53.6 Å². The van der Waals surface area contributed by atoms with E-state index in [2.05, 4.69) is 5.43 Å². The number of esters is 1. The molecule has 0 saturated carbocycles. The molecule has 1 atom stereocenters. The Labute approximate surface area is 195 Å². The van der Waals surface area contributed by atoms with Crippen LogP contribution in [0, 0.1) is 0 Å². The van der Waals surface area contributed by atoms with Gasteiger partial charge in [0, 0.05) is 5.56 Å². The minimum atomic E-state index is -1.12. The fourth-order valence-corrected chi connectivity index (χ4v) is 3.57. The molecule has 11 heteroatoms. The first-order valence-corrected chi connectivity index (χ1v) is 10.3. The summed E-state index contributed by atoms with van der Waals surface area (Å²) in [5.74, 6) is -1.75. The van der Waals surface area contributed by atoms with E-state index in [1.165, 1.54) is 36.3 Å². The molecule has 0 aromatic heterocycles. The van der Waals surface area contributed by atoms with Crippen molar-refractivity contribution < 1.29 is 28.7 Å². The van der Waals surface area contributed by atoms with Crippen LogP contribution >= 0.6 is 12.2 Å². The first-order valence-electron chi connectivity index (χ1n) is 9.94. The molecule has 172 valence electrons. The highest BCUT2D eigenvalue weighted by Crippen LogP contribution is 2.26. The van der Waals surface area contributed by atoms with Crippen LogP contribution < -0.4 is 20.8 Å². The maximum Gasteiger partial charge on any atom is 0.338 e. The van der Waals surface area contributed by atoms with E-state index in [1.54, 1.807) is 31.2 Å². The Morgan fingerprint density at radius 1 is 1.06 bits per heavy atom. The van der Waals surface area contributed by atoms with Gasteiger partial charge in [0.15, 0.2) is 0 Å². The third-order valence-corrected chi connectivity index (χ3v) is 5.20.